The van der Waals surface area contributed by atoms with E-state index in [0.717, 1.165) is 34.8 Å². The molecule has 146 valence electrons. The van der Waals surface area contributed by atoms with Crippen LogP contribution in [-0.2, 0) is 11.3 Å². The number of halogens is 2. The first-order valence-corrected chi connectivity index (χ1v) is 8.89. The number of benzene rings is 2. The van der Waals surface area contributed by atoms with E-state index in [-0.39, 0.29) is 18.1 Å². The van der Waals surface area contributed by atoms with Gasteiger partial charge in [-0.15, -0.1) is 0 Å². The van der Waals surface area contributed by atoms with E-state index in [2.05, 4.69) is 10.4 Å². The molecule has 1 N–H and O–H groups in total. The van der Waals surface area contributed by atoms with Crippen LogP contribution < -0.4 is 5.32 Å². The summed E-state index contributed by atoms with van der Waals surface area (Å²) in [4.78, 5) is 14.1. The summed E-state index contributed by atoms with van der Waals surface area (Å²) >= 11 is 0. The molecule has 1 aromatic heterocycles. The first kappa shape index (κ1) is 19.7. The highest BCUT2D eigenvalue weighted by molar-refractivity contribution is 5.92. The lowest BCUT2D eigenvalue weighted by Crippen LogP contribution is -2.30. The van der Waals surface area contributed by atoms with Crippen molar-refractivity contribution in [1.29, 1.82) is 0 Å². The summed E-state index contributed by atoms with van der Waals surface area (Å²) in [7, 11) is 1.82. The van der Waals surface area contributed by atoms with Crippen LogP contribution in [0.5, 0.6) is 0 Å². The molecule has 0 atom stereocenters. The Hall–Kier alpha value is -3.06. The zero-order valence-electron chi connectivity index (χ0n) is 16.0. The van der Waals surface area contributed by atoms with Crippen LogP contribution in [0.2, 0.25) is 0 Å². The normalized spacial score (nSPS) is 11.1. The molecule has 28 heavy (non-hydrogen) atoms. The molecular formula is C21H22F2N4O. The fraction of sp³-hybridized carbons (Fsp3) is 0.238. The lowest BCUT2D eigenvalue weighted by atomic mass is 10.2. The summed E-state index contributed by atoms with van der Waals surface area (Å²) in [6.07, 6.45) is 0. The SMILES string of the molecule is Cc1nn(-c2ccccc2)c(C)c1CN(C)CC(=O)Nc1ccc(F)c(F)c1. The molecule has 0 bridgehead atoms. The lowest BCUT2D eigenvalue weighted by Gasteiger charge is -2.17. The number of aryl methyl sites for hydroxylation is 1. The van der Waals surface area contributed by atoms with Gasteiger partial charge in [-0.3, -0.25) is 9.69 Å². The van der Waals surface area contributed by atoms with Gasteiger partial charge >= 0.3 is 0 Å². The van der Waals surface area contributed by atoms with Gasteiger partial charge in [-0.2, -0.15) is 5.10 Å². The van der Waals surface area contributed by atoms with E-state index in [9.17, 15) is 13.6 Å². The molecule has 0 aliphatic heterocycles. The van der Waals surface area contributed by atoms with Gasteiger partial charge in [-0.05, 0) is 45.2 Å². The summed E-state index contributed by atoms with van der Waals surface area (Å²) in [5.41, 5.74) is 4.16. The minimum atomic E-state index is -0.995. The Morgan fingerprint density at radius 3 is 2.50 bits per heavy atom. The van der Waals surface area contributed by atoms with Gasteiger partial charge in [0.15, 0.2) is 11.6 Å². The van der Waals surface area contributed by atoms with E-state index in [1.807, 2.05) is 60.8 Å². The largest absolute Gasteiger partial charge is 0.325 e. The molecule has 0 spiro atoms. The van der Waals surface area contributed by atoms with Crippen LogP contribution in [0.15, 0.2) is 48.5 Å². The van der Waals surface area contributed by atoms with Crippen LogP contribution in [0.25, 0.3) is 5.69 Å². The van der Waals surface area contributed by atoms with E-state index in [1.54, 1.807) is 0 Å². The number of nitrogens with zero attached hydrogens (tertiary/aromatic N) is 3. The molecule has 0 radical (unpaired) electrons. The number of amides is 1. The highest BCUT2D eigenvalue weighted by Gasteiger charge is 2.16. The predicted molar refractivity (Wildman–Crippen MR) is 104 cm³/mol. The third-order valence-electron chi connectivity index (χ3n) is 4.49. The van der Waals surface area contributed by atoms with Gasteiger partial charge in [0.25, 0.3) is 0 Å². The first-order valence-electron chi connectivity index (χ1n) is 8.89. The van der Waals surface area contributed by atoms with Crippen LogP contribution in [0.4, 0.5) is 14.5 Å². The van der Waals surface area contributed by atoms with Crippen LogP contribution in [0.1, 0.15) is 17.0 Å². The molecule has 0 aliphatic rings. The number of aromatic nitrogens is 2. The van der Waals surface area contributed by atoms with Crippen molar-refractivity contribution in [3.63, 3.8) is 0 Å². The van der Waals surface area contributed by atoms with Gasteiger partial charge in [0.05, 0.1) is 17.9 Å². The van der Waals surface area contributed by atoms with Crippen LogP contribution in [-0.4, -0.2) is 34.2 Å². The quantitative estimate of drug-likeness (QED) is 0.703. The Balaban J connectivity index is 1.66. The second-order valence-corrected chi connectivity index (χ2v) is 6.75. The van der Waals surface area contributed by atoms with Gasteiger partial charge in [0.1, 0.15) is 0 Å². The van der Waals surface area contributed by atoms with E-state index in [0.29, 0.717) is 6.54 Å². The Morgan fingerprint density at radius 1 is 1.11 bits per heavy atom. The number of anilines is 1. The van der Waals surface area contributed by atoms with Gasteiger partial charge in [0.2, 0.25) is 5.91 Å². The number of para-hydroxylation sites is 1. The third kappa shape index (κ3) is 4.43. The second kappa shape index (κ2) is 8.31. The van der Waals surface area contributed by atoms with Crippen molar-refractivity contribution >= 4 is 11.6 Å². The van der Waals surface area contributed by atoms with E-state index < -0.39 is 11.6 Å². The van der Waals surface area contributed by atoms with Gasteiger partial charge in [0, 0.05) is 29.6 Å². The van der Waals surface area contributed by atoms with Crippen molar-refractivity contribution in [3.8, 4) is 5.69 Å². The number of nitrogens with one attached hydrogen (secondary N) is 1. The highest BCUT2D eigenvalue weighted by atomic mass is 19.2. The third-order valence-corrected chi connectivity index (χ3v) is 4.49. The fourth-order valence-electron chi connectivity index (χ4n) is 3.07. The molecule has 1 amide bonds. The maximum atomic E-state index is 13.3. The fourth-order valence-corrected chi connectivity index (χ4v) is 3.07. The molecule has 2 aromatic carbocycles. The van der Waals surface area contributed by atoms with Gasteiger partial charge in [-0.1, -0.05) is 18.2 Å². The minimum absolute atomic E-state index is 0.106. The number of likely N-dealkylation sites (N-methyl/N-ethyl adjacent to an activating group) is 1. The molecular weight excluding hydrogens is 362 g/mol. The standard InChI is InChI=1S/C21H22F2N4O/c1-14-18(15(2)27(25-14)17-7-5-4-6-8-17)12-26(3)13-21(28)24-16-9-10-19(22)20(23)11-16/h4-11H,12-13H2,1-3H3,(H,24,28). The molecule has 5 nitrogen and oxygen atoms in total. The van der Waals surface area contributed by atoms with Crippen LogP contribution in [0.3, 0.4) is 0 Å². The number of carbonyl (C=O) groups is 1. The second-order valence-electron chi connectivity index (χ2n) is 6.75. The monoisotopic (exact) mass is 384 g/mol. The van der Waals surface area contributed by atoms with Crippen LogP contribution in [0, 0.1) is 25.5 Å². The minimum Gasteiger partial charge on any atom is -0.325 e. The Kier molecular flexibility index (Phi) is 5.84. The predicted octanol–water partition coefficient (Wildman–Crippen LogP) is 3.84. The van der Waals surface area contributed by atoms with Crippen molar-refractivity contribution in [3.05, 3.63) is 77.1 Å². The summed E-state index contributed by atoms with van der Waals surface area (Å²) in [5, 5.41) is 7.19. The van der Waals surface area contributed by atoms with E-state index in [1.165, 1.54) is 6.07 Å². The molecule has 0 saturated carbocycles. The number of hydrogen-bond acceptors (Lipinski definition) is 3. The maximum Gasteiger partial charge on any atom is 0.238 e. The van der Waals surface area contributed by atoms with E-state index in [4.69, 9.17) is 0 Å². The average Bonchev–Trinajstić information content (AvgIpc) is 2.93. The summed E-state index contributed by atoms with van der Waals surface area (Å²) in [6, 6.07) is 13.1. The molecule has 0 unspecified atom stereocenters. The molecule has 0 fully saturated rings. The summed E-state index contributed by atoms with van der Waals surface area (Å²) in [5.74, 6) is -2.25. The average molecular weight is 384 g/mol. The van der Waals surface area contributed by atoms with Crippen molar-refractivity contribution in [2.75, 3.05) is 18.9 Å². The molecule has 1 heterocycles. The number of hydrogen-bond donors (Lipinski definition) is 1. The Labute approximate surface area is 162 Å². The molecule has 0 aliphatic carbocycles. The van der Waals surface area contributed by atoms with E-state index >= 15 is 0 Å². The number of rotatable bonds is 6. The topological polar surface area (TPSA) is 50.2 Å². The van der Waals surface area contributed by atoms with Gasteiger partial charge < -0.3 is 5.32 Å². The zero-order valence-corrected chi connectivity index (χ0v) is 16.0. The molecule has 0 saturated heterocycles. The zero-order chi connectivity index (χ0) is 20.3. The Morgan fingerprint density at radius 2 is 1.82 bits per heavy atom. The first-order chi connectivity index (χ1) is 13.3. The smallest absolute Gasteiger partial charge is 0.238 e. The summed E-state index contributed by atoms with van der Waals surface area (Å²) < 4.78 is 28.1. The van der Waals surface area contributed by atoms with Crippen molar-refractivity contribution in [2.24, 2.45) is 0 Å². The summed E-state index contributed by atoms with van der Waals surface area (Å²) in [6.45, 7) is 4.58. The van der Waals surface area contributed by atoms with Crippen molar-refractivity contribution < 1.29 is 13.6 Å². The van der Waals surface area contributed by atoms with Crippen LogP contribution >= 0.6 is 0 Å². The Bertz CT molecular complexity index is 986. The molecule has 3 rings (SSSR count). The highest BCUT2D eigenvalue weighted by Crippen LogP contribution is 2.19. The number of carbonyl (C=O) groups excluding carboxylic acids is 1. The molecule has 7 heteroatoms. The molecule has 3 aromatic rings. The van der Waals surface area contributed by atoms with Crippen molar-refractivity contribution in [1.82, 2.24) is 14.7 Å². The maximum absolute atomic E-state index is 13.3. The lowest BCUT2D eigenvalue weighted by molar-refractivity contribution is -0.117. The van der Waals surface area contributed by atoms with Gasteiger partial charge in [-0.25, -0.2) is 13.5 Å². The van der Waals surface area contributed by atoms with Crippen molar-refractivity contribution in [2.45, 2.75) is 20.4 Å².